The number of aromatic nitrogens is 3. The van der Waals surface area contributed by atoms with Gasteiger partial charge in [-0.05, 0) is 13.3 Å². The second-order valence-corrected chi connectivity index (χ2v) is 4.26. The number of nitrogens with zero attached hydrogens (tertiary/aromatic N) is 3. The number of carbonyl (C=O) groups is 3. The predicted molar refractivity (Wildman–Crippen MR) is 70.9 cm³/mol. The first kappa shape index (κ1) is 16.4. The summed E-state index contributed by atoms with van der Waals surface area (Å²) in [5.74, 6) is -1.31. The lowest BCUT2D eigenvalue weighted by atomic mass is 10.1. The van der Waals surface area contributed by atoms with Gasteiger partial charge in [0.25, 0.3) is 0 Å². The monoisotopic (exact) mass is 298 g/mol. The lowest BCUT2D eigenvalue weighted by Crippen LogP contribution is -2.46. The molecule has 3 amide bonds. The molecule has 0 radical (unpaired) electrons. The van der Waals surface area contributed by atoms with E-state index in [1.807, 2.05) is 6.92 Å². The maximum Gasteiger partial charge on any atom is 0.326 e. The molecule has 1 unspecified atom stereocenters. The van der Waals surface area contributed by atoms with Crippen LogP contribution in [-0.4, -0.2) is 43.8 Å². The number of aliphatic carboxylic acids is 1. The third-order valence-electron chi connectivity index (χ3n) is 2.73. The quantitative estimate of drug-likeness (QED) is 0.473. The van der Waals surface area contributed by atoms with Crippen LogP contribution >= 0.6 is 0 Å². The molecule has 0 saturated heterocycles. The van der Waals surface area contributed by atoms with E-state index in [0.717, 1.165) is 0 Å². The topological polar surface area (TPSA) is 152 Å². The normalized spacial score (nSPS) is 11.7. The molecule has 10 heteroatoms. The first-order valence-electron chi connectivity index (χ1n) is 6.36. The molecule has 1 aromatic rings. The Balaban J connectivity index is 2.46. The molecule has 0 saturated carbocycles. The molecule has 0 aliphatic carbocycles. The SMILES string of the molecule is CCn1cnnc1CNC(=O)NC(CCC(N)=O)C(=O)O. The minimum Gasteiger partial charge on any atom is -0.480 e. The van der Waals surface area contributed by atoms with Gasteiger partial charge in [0, 0.05) is 13.0 Å². The van der Waals surface area contributed by atoms with Gasteiger partial charge in [0.1, 0.15) is 12.4 Å². The van der Waals surface area contributed by atoms with Crippen LogP contribution < -0.4 is 16.4 Å². The smallest absolute Gasteiger partial charge is 0.326 e. The van der Waals surface area contributed by atoms with Crippen LogP contribution in [0.1, 0.15) is 25.6 Å². The van der Waals surface area contributed by atoms with E-state index in [-0.39, 0.29) is 19.4 Å². The number of nitrogens with two attached hydrogens (primary N) is 1. The fourth-order valence-corrected chi connectivity index (χ4v) is 1.59. The zero-order chi connectivity index (χ0) is 15.8. The van der Waals surface area contributed by atoms with Crippen molar-refractivity contribution in [3.05, 3.63) is 12.2 Å². The van der Waals surface area contributed by atoms with Crippen molar-refractivity contribution in [3.63, 3.8) is 0 Å². The highest BCUT2D eigenvalue weighted by Gasteiger charge is 2.20. The maximum absolute atomic E-state index is 11.6. The lowest BCUT2D eigenvalue weighted by molar-refractivity contribution is -0.139. The minimum atomic E-state index is -1.23. The summed E-state index contributed by atoms with van der Waals surface area (Å²) in [5.41, 5.74) is 4.95. The highest BCUT2D eigenvalue weighted by Crippen LogP contribution is 1.98. The molecule has 10 nitrogen and oxygen atoms in total. The minimum absolute atomic E-state index is 0.0662. The number of carbonyl (C=O) groups excluding carboxylic acids is 2. The number of carboxylic acids is 1. The molecule has 116 valence electrons. The maximum atomic E-state index is 11.6. The number of hydrogen-bond donors (Lipinski definition) is 4. The summed E-state index contributed by atoms with van der Waals surface area (Å²) in [7, 11) is 0. The largest absolute Gasteiger partial charge is 0.480 e. The van der Waals surface area contributed by atoms with Crippen LogP contribution in [0.15, 0.2) is 6.33 Å². The Hall–Kier alpha value is -2.65. The van der Waals surface area contributed by atoms with Gasteiger partial charge < -0.3 is 26.0 Å². The van der Waals surface area contributed by atoms with Gasteiger partial charge in [-0.1, -0.05) is 0 Å². The molecule has 1 heterocycles. The van der Waals surface area contributed by atoms with Crippen molar-refractivity contribution >= 4 is 17.9 Å². The number of primary amides is 1. The van der Waals surface area contributed by atoms with Gasteiger partial charge in [-0.25, -0.2) is 9.59 Å². The molecule has 0 spiro atoms. The Morgan fingerprint density at radius 1 is 1.48 bits per heavy atom. The van der Waals surface area contributed by atoms with E-state index in [1.54, 1.807) is 4.57 Å². The Kier molecular flexibility index (Phi) is 6.11. The van der Waals surface area contributed by atoms with E-state index in [1.165, 1.54) is 6.33 Å². The van der Waals surface area contributed by atoms with Gasteiger partial charge in [0.15, 0.2) is 5.82 Å². The van der Waals surface area contributed by atoms with Crippen molar-refractivity contribution in [3.8, 4) is 0 Å². The molecule has 0 fully saturated rings. The number of nitrogens with one attached hydrogen (secondary N) is 2. The molecule has 5 N–H and O–H groups in total. The van der Waals surface area contributed by atoms with Crippen molar-refractivity contribution in [2.45, 2.75) is 38.9 Å². The van der Waals surface area contributed by atoms with Gasteiger partial charge in [-0.3, -0.25) is 4.79 Å². The van der Waals surface area contributed by atoms with Crippen LogP contribution in [-0.2, 0) is 22.7 Å². The van der Waals surface area contributed by atoms with Crippen molar-refractivity contribution < 1.29 is 19.5 Å². The molecular formula is C11H18N6O4. The predicted octanol–water partition coefficient (Wildman–Crippen LogP) is -1.18. The first-order valence-corrected chi connectivity index (χ1v) is 6.36. The van der Waals surface area contributed by atoms with Crippen LogP contribution in [0.2, 0.25) is 0 Å². The van der Waals surface area contributed by atoms with E-state index in [4.69, 9.17) is 10.8 Å². The van der Waals surface area contributed by atoms with Crippen LogP contribution in [0, 0.1) is 0 Å². The van der Waals surface area contributed by atoms with Crippen molar-refractivity contribution in [1.82, 2.24) is 25.4 Å². The standard InChI is InChI=1S/C11H18N6O4/c1-2-17-6-14-16-9(17)5-13-11(21)15-7(10(19)20)3-4-8(12)18/h6-7H,2-5H2,1H3,(H2,12,18)(H,19,20)(H2,13,15,21). The van der Waals surface area contributed by atoms with Gasteiger partial charge in [-0.15, -0.1) is 10.2 Å². The van der Waals surface area contributed by atoms with Crippen molar-refractivity contribution in [1.29, 1.82) is 0 Å². The van der Waals surface area contributed by atoms with E-state index in [9.17, 15) is 14.4 Å². The van der Waals surface area contributed by atoms with Crippen LogP contribution in [0.25, 0.3) is 0 Å². The Morgan fingerprint density at radius 3 is 2.76 bits per heavy atom. The molecule has 0 aromatic carbocycles. The second-order valence-electron chi connectivity index (χ2n) is 4.26. The average molecular weight is 298 g/mol. The van der Waals surface area contributed by atoms with Crippen molar-refractivity contribution in [2.75, 3.05) is 0 Å². The third kappa shape index (κ3) is 5.47. The number of rotatable bonds is 8. The number of hydrogen-bond acceptors (Lipinski definition) is 5. The molecule has 0 aliphatic heterocycles. The lowest BCUT2D eigenvalue weighted by Gasteiger charge is -2.14. The van der Waals surface area contributed by atoms with Gasteiger partial charge in [-0.2, -0.15) is 0 Å². The van der Waals surface area contributed by atoms with Crippen LogP contribution in [0.5, 0.6) is 0 Å². The first-order chi connectivity index (χ1) is 9.93. The number of urea groups is 1. The fraction of sp³-hybridized carbons (Fsp3) is 0.545. The Morgan fingerprint density at radius 2 is 2.19 bits per heavy atom. The van der Waals surface area contributed by atoms with E-state index >= 15 is 0 Å². The van der Waals surface area contributed by atoms with Crippen LogP contribution in [0.3, 0.4) is 0 Å². The van der Waals surface area contributed by atoms with E-state index < -0.39 is 23.9 Å². The molecule has 0 aliphatic rings. The molecule has 1 atom stereocenters. The summed E-state index contributed by atoms with van der Waals surface area (Å²) in [6.45, 7) is 2.67. The fourth-order valence-electron chi connectivity index (χ4n) is 1.59. The summed E-state index contributed by atoms with van der Waals surface area (Å²) in [6.07, 6.45) is 1.34. The molecular weight excluding hydrogens is 280 g/mol. The summed E-state index contributed by atoms with van der Waals surface area (Å²) >= 11 is 0. The molecule has 0 bridgehead atoms. The second kappa shape index (κ2) is 7.82. The van der Waals surface area contributed by atoms with Gasteiger partial charge in [0.2, 0.25) is 5.91 Å². The molecule has 1 rings (SSSR count). The Bertz CT molecular complexity index is 515. The highest BCUT2D eigenvalue weighted by molar-refractivity contribution is 5.83. The van der Waals surface area contributed by atoms with Gasteiger partial charge >= 0.3 is 12.0 Å². The zero-order valence-corrected chi connectivity index (χ0v) is 11.6. The highest BCUT2D eigenvalue weighted by atomic mass is 16.4. The molecule has 21 heavy (non-hydrogen) atoms. The molecule has 1 aromatic heterocycles. The van der Waals surface area contributed by atoms with Crippen LogP contribution in [0.4, 0.5) is 4.79 Å². The summed E-state index contributed by atoms with van der Waals surface area (Å²) in [6, 6.07) is -1.85. The zero-order valence-electron chi connectivity index (χ0n) is 11.6. The number of carboxylic acid groups (broad SMARTS) is 1. The van der Waals surface area contributed by atoms with E-state index in [0.29, 0.717) is 12.4 Å². The number of amides is 3. The third-order valence-corrected chi connectivity index (χ3v) is 2.73. The van der Waals surface area contributed by atoms with Crippen molar-refractivity contribution in [2.24, 2.45) is 5.73 Å². The average Bonchev–Trinajstić information content (AvgIpc) is 2.88. The van der Waals surface area contributed by atoms with Gasteiger partial charge in [0.05, 0.1) is 6.54 Å². The summed E-state index contributed by atoms with van der Waals surface area (Å²) in [4.78, 5) is 33.2. The number of aryl methyl sites for hydroxylation is 1. The summed E-state index contributed by atoms with van der Waals surface area (Å²) < 4.78 is 1.74. The Labute approximate surface area is 120 Å². The van der Waals surface area contributed by atoms with E-state index in [2.05, 4.69) is 20.8 Å². The summed E-state index contributed by atoms with van der Waals surface area (Å²) in [5, 5.41) is 21.2.